The summed E-state index contributed by atoms with van der Waals surface area (Å²) in [4.78, 5) is 11.8. The molecule has 18 heavy (non-hydrogen) atoms. The zero-order valence-corrected chi connectivity index (χ0v) is 13.5. The van der Waals surface area contributed by atoms with Crippen LogP contribution in [0.4, 0.5) is 0 Å². The number of phenolic OH excluding ortho intramolecular Hbond substituents is 1. The summed E-state index contributed by atoms with van der Waals surface area (Å²) in [6.07, 6.45) is 12.4. The molecule has 1 radical (unpaired) electrons. The number of allylic oxidation sites excluding steroid dienone is 6. The molecule has 0 saturated heterocycles. The van der Waals surface area contributed by atoms with Gasteiger partial charge in [0.1, 0.15) is 5.75 Å². The molecular weight excluding hydrogens is 251 g/mol. The minimum absolute atomic E-state index is 0. The molecule has 0 saturated carbocycles. The van der Waals surface area contributed by atoms with Crippen molar-refractivity contribution in [3.63, 3.8) is 0 Å². The second kappa shape index (κ2) is 7.87. The zero-order chi connectivity index (χ0) is 12.1. The molecule has 1 aromatic rings. The van der Waals surface area contributed by atoms with Crippen LogP contribution < -0.4 is 0 Å². The number of phenols is 1. The topological polar surface area (TPSA) is 37.3 Å². The number of para-hydroxylation sites is 1. The van der Waals surface area contributed by atoms with E-state index in [1.807, 2.05) is 18.2 Å². The maximum atomic E-state index is 11.8. The molecule has 1 N–H and O–H groups in total. The van der Waals surface area contributed by atoms with Crippen LogP contribution in [-0.2, 0) is 0 Å². The average molecular weight is 265 g/mol. The summed E-state index contributed by atoms with van der Waals surface area (Å²) in [5, 5.41) is 9.54. The van der Waals surface area contributed by atoms with Gasteiger partial charge in [-0.05, 0) is 30.5 Å². The molecule has 1 aromatic carbocycles. The maximum absolute atomic E-state index is 11.8. The second-order valence-corrected chi connectivity index (χ2v) is 3.95. The van der Waals surface area contributed by atoms with Gasteiger partial charge >= 0.3 is 0 Å². The number of hydrogen-bond acceptors (Lipinski definition) is 2. The van der Waals surface area contributed by atoms with Crippen molar-refractivity contribution in [1.82, 2.24) is 0 Å². The summed E-state index contributed by atoms with van der Waals surface area (Å²) in [5.74, 6) is 0.141. The van der Waals surface area contributed by atoms with Gasteiger partial charge in [-0.3, -0.25) is 4.79 Å². The average Bonchev–Trinajstić information content (AvgIpc) is 2.38. The van der Waals surface area contributed by atoms with Crippen LogP contribution in [0.1, 0.15) is 16.8 Å². The van der Waals surface area contributed by atoms with Gasteiger partial charge in [-0.1, -0.05) is 42.5 Å². The van der Waals surface area contributed by atoms with Gasteiger partial charge in [-0.25, -0.2) is 0 Å². The Hall–Kier alpha value is -0.454. The van der Waals surface area contributed by atoms with E-state index < -0.39 is 0 Å². The van der Waals surface area contributed by atoms with E-state index in [4.69, 9.17) is 0 Å². The van der Waals surface area contributed by atoms with Crippen LogP contribution in [0.5, 0.6) is 5.75 Å². The molecule has 1 aliphatic rings. The third kappa shape index (κ3) is 4.34. The van der Waals surface area contributed by atoms with Crippen LogP contribution in [0.15, 0.2) is 60.7 Å². The molecule has 0 heterocycles. The van der Waals surface area contributed by atoms with Gasteiger partial charge in [0.25, 0.3) is 0 Å². The van der Waals surface area contributed by atoms with Crippen molar-refractivity contribution in [2.75, 3.05) is 0 Å². The van der Waals surface area contributed by atoms with E-state index in [-0.39, 0.29) is 68.8 Å². The molecule has 1 unspecified atom stereocenters. The zero-order valence-electron chi connectivity index (χ0n) is 10.4. The first kappa shape index (κ1) is 15.6. The monoisotopic (exact) mass is 265 g/mol. The van der Waals surface area contributed by atoms with Crippen molar-refractivity contribution in [3.8, 4) is 5.75 Å². The number of carbonyl (C=O) groups excluding carboxylic acids is 1. The van der Waals surface area contributed by atoms with E-state index in [2.05, 4.69) is 12.2 Å². The van der Waals surface area contributed by atoms with E-state index in [1.165, 1.54) is 12.1 Å². The van der Waals surface area contributed by atoms with E-state index in [1.54, 1.807) is 18.2 Å². The van der Waals surface area contributed by atoms with Crippen molar-refractivity contribution in [2.45, 2.75) is 6.42 Å². The smallest absolute Gasteiger partial charge is 0.189 e. The van der Waals surface area contributed by atoms with Gasteiger partial charge in [0.15, 0.2) is 5.78 Å². The van der Waals surface area contributed by atoms with Gasteiger partial charge in [0.05, 0.1) is 5.56 Å². The molecule has 0 spiro atoms. The van der Waals surface area contributed by atoms with Crippen LogP contribution >= 0.6 is 0 Å². The molecule has 0 amide bonds. The predicted octanol–water partition coefficient (Wildman–Crippen LogP) is 2.88. The number of ketones is 1. The Morgan fingerprint density at radius 2 is 2.06 bits per heavy atom. The Balaban J connectivity index is 0.00000162. The van der Waals surface area contributed by atoms with Crippen molar-refractivity contribution in [1.29, 1.82) is 0 Å². The van der Waals surface area contributed by atoms with Gasteiger partial charge < -0.3 is 5.11 Å². The molecular formula is C15H14KO2. The summed E-state index contributed by atoms with van der Waals surface area (Å²) < 4.78 is 0. The quantitative estimate of drug-likeness (QED) is 0.518. The number of hydrogen-bond donors (Lipinski definition) is 1. The van der Waals surface area contributed by atoms with Crippen molar-refractivity contribution in [2.24, 2.45) is 5.92 Å². The van der Waals surface area contributed by atoms with Gasteiger partial charge in [-0.2, -0.15) is 0 Å². The minimum atomic E-state index is -0.161. The molecule has 0 bridgehead atoms. The summed E-state index contributed by atoms with van der Waals surface area (Å²) in [6, 6.07) is 6.58. The SMILES string of the molecule is O=C(/C=C/C1C=CC=CC1)c1ccccc1O.[K]. The van der Waals surface area contributed by atoms with Crippen molar-refractivity contribution in [3.05, 3.63) is 66.3 Å². The largest absolute Gasteiger partial charge is 0.507 e. The van der Waals surface area contributed by atoms with Crippen molar-refractivity contribution >= 4 is 57.2 Å². The normalized spacial score (nSPS) is 17.7. The molecule has 0 aliphatic heterocycles. The summed E-state index contributed by atoms with van der Waals surface area (Å²) >= 11 is 0. The number of aromatic hydroxyl groups is 1. The molecule has 2 nitrogen and oxygen atoms in total. The van der Waals surface area contributed by atoms with Gasteiger partial charge in [0, 0.05) is 51.4 Å². The third-order valence-electron chi connectivity index (χ3n) is 2.68. The number of benzene rings is 1. The Labute approximate surface area is 150 Å². The number of rotatable bonds is 3. The van der Waals surface area contributed by atoms with Crippen LogP contribution in [0.2, 0.25) is 0 Å². The molecule has 1 atom stereocenters. The third-order valence-corrected chi connectivity index (χ3v) is 2.68. The Kier molecular flexibility index (Phi) is 6.82. The molecule has 3 heteroatoms. The second-order valence-electron chi connectivity index (χ2n) is 3.95. The first-order valence-electron chi connectivity index (χ1n) is 5.61. The van der Waals surface area contributed by atoms with Gasteiger partial charge in [0.2, 0.25) is 0 Å². The fourth-order valence-corrected chi connectivity index (χ4v) is 1.73. The molecule has 0 aromatic heterocycles. The first-order valence-corrected chi connectivity index (χ1v) is 5.61. The fourth-order valence-electron chi connectivity index (χ4n) is 1.73. The maximum Gasteiger partial charge on any atom is 0.189 e. The Morgan fingerprint density at radius 3 is 2.72 bits per heavy atom. The minimum Gasteiger partial charge on any atom is -0.507 e. The summed E-state index contributed by atoms with van der Waals surface area (Å²) in [6.45, 7) is 0. The van der Waals surface area contributed by atoms with E-state index in [0.717, 1.165) is 6.42 Å². The van der Waals surface area contributed by atoms with Crippen LogP contribution in [0, 0.1) is 5.92 Å². The van der Waals surface area contributed by atoms with E-state index in [0.29, 0.717) is 5.56 Å². The van der Waals surface area contributed by atoms with E-state index in [9.17, 15) is 9.90 Å². The Morgan fingerprint density at radius 1 is 1.28 bits per heavy atom. The molecule has 1 aliphatic carbocycles. The van der Waals surface area contributed by atoms with E-state index >= 15 is 0 Å². The molecule has 87 valence electrons. The van der Waals surface area contributed by atoms with Crippen LogP contribution in [-0.4, -0.2) is 62.3 Å². The predicted molar refractivity (Wildman–Crippen MR) is 73.7 cm³/mol. The van der Waals surface area contributed by atoms with Crippen LogP contribution in [0.25, 0.3) is 0 Å². The molecule has 0 fully saturated rings. The first-order chi connectivity index (χ1) is 8.27. The Bertz CT molecular complexity index is 501. The standard InChI is InChI=1S/C15H14O2.K/c16-14-9-5-4-8-13(14)15(17)11-10-12-6-2-1-3-7-12;/h1-6,8-12,16H,7H2;/b11-10+;. The number of carbonyl (C=O) groups is 1. The van der Waals surface area contributed by atoms with Gasteiger partial charge in [-0.15, -0.1) is 0 Å². The fraction of sp³-hybridized carbons (Fsp3) is 0.133. The molecule has 2 rings (SSSR count). The summed E-state index contributed by atoms with van der Waals surface area (Å²) in [7, 11) is 0. The van der Waals surface area contributed by atoms with Crippen molar-refractivity contribution < 1.29 is 9.90 Å². The summed E-state index contributed by atoms with van der Waals surface area (Å²) in [5.41, 5.74) is 0.346. The van der Waals surface area contributed by atoms with Crippen LogP contribution in [0.3, 0.4) is 0 Å².